The topological polar surface area (TPSA) is 83.9 Å². The Labute approximate surface area is 124 Å². The zero-order valence-electron chi connectivity index (χ0n) is 12.1. The summed E-state index contributed by atoms with van der Waals surface area (Å²) >= 11 is 0. The van der Waals surface area contributed by atoms with Crippen LogP contribution in [0.25, 0.3) is 0 Å². The van der Waals surface area contributed by atoms with Crippen LogP contribution in [-0.2, 0) is 14.8 Å². The van der Waals surface area contributed by atoms with Gasteiger partial charge in [0.25, 0.3) is 0 Å². The van der Waals surface area contributed by atoms with Crippen molar-refractivity contribution in [3.63, 3.8) is 0 Å². The van der Waals surface area contributed by atoms with Gasteiger partial charge in [-0.3, -0.25) is 4.79 Å². The van der Waals surface area contributed by atoms with E-state index in [0.717, 1.165) is 0 Å². The maximum atomic E-state index is 12.6. The van der Waals surface area contributed by atoms with Gasteiger partial charge in [0.1, 0.15) is 5.75 Å². The molecule has 21 heavy (non-hydrogen) atoms. The molecule has 0 spiro atoms. The smallest absolute Gasteiger partial charge is 0.309 e. The van der Waals surface area contributed by atoms with Crippen molar-refractivity contribution >= 4 is 16.0 Å². The predicted molar refractivity (Wildman–Crippen MR) is 76.7 cm³/mol. The van der Waals surface area contributed by atoms with Gasteiger partial charge in [-0.15, -0.1) is 0 Å². The molecule has 2 rings (SSSR count). The van der Waals surface area contributed by atoms with Crippen LogP contribution in [-0.4, -0.2) is 44.0 Å². The van der Waals surface area contributed by atoms with Crippen LogP contribution in [0.15, 0.2) is 29.2 Å². The highest BCUT2D eigenvalue weighted by atomic mass is 32.2. The van der Waals surface area contributed by atoms with Crippen LogP contribution >= 0.6 is 0 Å². The lowest BCUT2D eigenvalue weighted by Crippen LogP contribution is -2.45. The number of hydrogen-bond acceptors (Lipinski definition) is 4. The van der Waals surface area contributed by atoms with E-state index in [0.29, 0.717) is 18.6 Å². The molecule has 0 saturated carbocycles. The van der Waals surface area contributed by atoms with Gasteiger partial charge in [0.2, 0.25) is 10.0 Å². The molecule has 1 N–H and O–H groups in total. The predicted octanol–water partition coefficient (Wildman–Crippen LogP) is 1.57. The second kappa shape index (κ2) is 5.65. The third-order valence-electron chi connectivity index (χ3n) is 4.02. The molecule has 6 nitrogen and oxygen atoms in total. The van der Waals surface area contributed by atoms with Crippen molar-refractivity contribution in [2.75, 3.05) is 20.2 Å². The largest absolute Gasteiger partial charge is 0.497 e. The van der Waals surface area contributed by atoms with E-state index >= 15 is 0 Å². The molecule has 7 heteroatoms. The second-order valence-electron chi connectivity index (χ2n) is 5.45. The van der Waals surface area contributed by atoms with Crippen molar-refractivity contribution in [2.24, 2.45) is 5.41 Å². The number of rotatable bonds is 4. The lowest BCUT2D eigenvalue weighted by atomic mass is 9.81. The van der Waals surface area contributed by atoms with Crippen molar-refractivity contribution in [1.82, 2.24) is 4.31 Å². The molecule has 0 aromatic heterocycles. The van der Waals surface area contributed by atoms with Gasteiger partial charge >= 0.3 is 5.97 Å². The van der Waals surface area contributed by atoms with E-state index in [-0.39, 0.29) is 18.0 Å². The Bertz CT molecular complexity index is 633. The van der Waals surface area contributed by atoms with Crippen molar-refractivity contribution in [2.45, 2.75) is 24.7 Å². The van der Waals surface area contributed by atoms with E-state index in [1.165, 1.54) is 23.5 Å². The van der Waals surface area contributed by atoms with E-state index in [9.17, 15) is 18.3 Å². The van der Waals surface area contributed by atoms with Gasteiger partial charge < -0.3 is 9.84 Å². The minimum atomic E-state index is -3.61. The number of nitrogens with zero attached hydrogens (tertiary/aromatic N) is 1. The highest BCUT2D eigenvalue weighted by molar-refractivity contribution is 7.89. The van der Waals surface area contributed by atoms with Crippen LogP contribution in [0, 0.1) is 5.41 Å². The maximum Gasteiger partial charge on any atom is 0.309 e. The molecule has 0 radical (unpaired) electrons. The minimum Gasteiger partial charge on any atom is -0.497 e. The Morgan fingerprint density at radius 1 is 1.33 bits per heavy atom. The van der Waals surface area contributed by atoms with E-state index < -0.39 is 21.4 Å². The fraction of sp³-hybridized carbons (Fsp3) is 0.500. The fourth-order valence-electron chi connectivity index (χ4n) is 2.34. The Hall–Kier alpha value is -1.60. The molecule has 1 aliphatic rings. The van der Waals surface area contributed by atoms with Gasteiger partial charge in [0, 0.05) is 19.2 Å². The van der Waals surface area contributed by atoms with Crippen molar-refractivity contribution in [1.29, 1.82) is 0 Å². The number of ether oxygens (including phenoxy) is 1. The summed E-state index contributed by atoms with van der Waals surface area (Å²) in [6.45, 7) is 2.08. The molecule has 1 aromatic rings. The summed E-state index contributed by atoms with van der Waals surface area (Å²) in [6, 6.07) is 6.29. The van der Waals surface area contributed by atoms with Crippen LogP contribution in [0.2, 0.25) is 0 Å². The van der Waals surface area contributed by atoms with Gasteiger partial charge in [-0.25, -0.2) is 8.42 Å². The Morgan fingerprint density at radius 2 is 1.95 bits per heavy atom. The van der Waals surface area contributed by atoms with E-state index in [4.69, 9.17) is 4.74 Å². The first kappa shape index (κ1) is 15.8. The third kappa shape index (κ3) is 3.03. The first-order chi connectivity index (χ1) is 9.79. The van der Waals surface area contributed by atoms with Crippen LogP contribution in [0.3, 0.4) is 0 Å². The van der Waals surface area contributed by atoms with Gasteiger partial charge in [-0.1, -0.05) is 6.07 Å². The molecular formula is C14H19NO5S. The monoisotopic (exact) mass is 313 g/mol. The van der Waals surface area contributed by atoms with Gasteiger partial charge in [0.05, 0.1) is 17.4 Å². The average molecular weight is 313 g/mol. The SMILES string of the molecule is COc1cccc(S(=O)(=O)N2CCC(C)(C(=O)O)CC2)c1. The number of aliphatic carboxylic acids is 1. The molecule has 0 aliphatic carbocycles. The lowest BCUT2D eigenvalue weighted by Gasteiger charge is -2.35. The summed E-state index contributed by atoms with van der Waals surface area (Å²) in [7, 11) is -2.13. The fourth-order valence-corrected chi connectivity index (χ4v) is 3.82. The van der Waals surface area contributed by atoms with Crippen LogP contribution in [0.4, 0.5) is 0 Å². The van der Waals surface area contributed by atoms with E-state index in [1.807, 2.05) is 0 Å². The molecule has 0 bridgehead atoms. The molecule has 0 atom stereocenters. The third-order valence-corrected chi connectivity index (χ3v) is 5.92. The first-order valence-corrected chi connectivity index (χ1v) is 8.11. The Balaban J connectivity index is 2.20. The van der Waals surface area contributed by atoms with E-state index in [2.05, 4.69) is 0 Å². The molecule has 0 unspecified atom stereocenters. The molecule has 1 fully saturated rings. The average Bonchev–Trinajstić information content (AvgIpc) is 2.47. The standard InChI is InChI=1S/C14H19NO5S/c1-14(13(16)17)6-8-15(9-7-14)21(18,19)12-5-3-4-11(10-12)20-2/h3-5,10H,6-9H2,1-2H3,(H,16,17). The minimum absolute atomic E-state index is 0.167. The number of carboxylic acids is 1. The van der Waals surface area contributed by atoms with Gasteiger partial charge in [-0.05, 0) is 31.9 Å². The van der Waals surface area contributed by atoms with Crippen LogP contribution in [0.5, 0.6) is 5.75 Å². The zero-order valence-corrected chi connectivity index (χ0v) is 12.9. The first-order valence-electron chi connectivity index (χ1n) is 6.67. The van der Waals surface area contributed by atoms with Crippen molar-refractivity contribution in [3.8, 4) is 5.75 Å². The summed E-state index contributed by atoms with van der Waals surface area (Å²) in [4.78, 5) is 11.4. The molecule has 116 valence electrons. The number of hydrogen-bond donors (Lipinski definition) is 1. The molecule has 1 aromatic carbocycles. The van der Waals surface area contributed by atoms with Gasteiger partial charge in [0.15, 0.2) is 0 Å². The molecule has 0 amide bonds. The Morgan fingerprint density at radius 3 is 2.48 bits per heavy atom. The second-order valence-corrected chi connectivity index (χ2v) is 7.39. The quantitative estimate of drug-likeness (QED) is 0.912. The number of carbonyl (C=O) groups is 1. The highest BCUT2D eigenvalue weighted by Crippen LogP contribution is 2.33. The summed E-state index contributed by atoms with van der Waals surface area (Å²) < 4.78 is 31.5. The highest BCUT2D eigenvalue weighted by Gasteiger charge is 2.40. The normalized spacial score (nSPS) is 19.1. The Kier molecular flexibility index (Phi) is 4.25. The van der Waals surface area contributed by atoms with Crippen molar-refractivity contribution in [3.05, 3.63) is 24.3 Å². The number of benzene rings is 1. The van der Waals surface area contributed by atoms with Crippen LogP contribution in [0.1, 0.15) is 19.8 Å². The number of methoxy groups -OCH3 is 1. The molecular weight excluding hydrogens is 294 g/mol. The maximum absolute atomic E-state index is 12.6. The summed E-state index contributed by atoms with van der Waals surface area (Å²) in [5, 5.41) is 9.19. The zero-order chi connectivity index (χ0) is 15.7. The number of carboxylic acid groups (broad SMARTS) is 1. The number of sulfonamides is 1. The lowest BCUT2D eigenvalue weighted by molar-refractivity contribution is -0.150. The summed E-state index contributed by atoms with van der Waals surface area (Å²) in [5.74, 6) is -0.399. The summed E-state index contributed by atoms with van der Waals surface area (Å²) in [6.07, 6.45) is 0.622. The molecule has 1 aliphatic heterocycles. The van der Waals surface area contributed by atoms with Crippen LogP contribution < -0.4 is 4.74 Å². The summed E-state index contributed by atoms with van der Waals surface area (Å²) in [5.41, 5.74) is -0.847. The number of piperidine rings is 1. The van der Waals surface area contributed by atoms with Crippen molar-refractivity contribution < 1.29 is 23.1 Å². The van der Waals surface area contributed by atoms with Gasteiger partial charge in [-0.2, -0.15) is 4.31 Å². The molecule has 1 heterocycles. The molecule has 1 saturated heterocycles. The van der Waals surface area contributed by atoms with E-state index in [1.54, 1.807) is 19.1 Å².